The quantitative estimate of drug-likeness (QED) is 0.538. The minimum atomic E-state index is -0.971. The number of rotatable bonds is 8. The van der Waals surface area contributed by atoms with Gasteiger partial charge in [-0.25, -0.2) is 4.79 Å². The van der Waals surface area contributed by atoms with Gasteiger partial charge < -0.3 is 15.0 Å². The first kappa shape index (κ1) is 21.4. The van der Waals surface area contributed by atoms with Crippen molar-refractivity contribution < 1.29 is 23.9 Å². The number of carbonyl (C=O) groups is 4. The van der Waals surface area contributed by atoms with Gasteiger partial charge in [0.2, 0.25) is 0 Å². The van der Waals surface area contributed by atoms with E-state index in [4.69, 9.17) is 4.74 Å². The summed E-state index contributed by atoms with van der Waals surface area (Å²) in [5.41, 5.74) is 1.12. The second kappa shape index (κ2) is 8.86. The first-order valence-corrected chi connectivity index (χ1v) is 9.31. The molecule has 1 aromatic rings. The molecule has 1 N–H and O–H groups in total. The van der Waals surface area contributed by atoms with Gasteiger partial charge in [-0.15, -0.1) is 0 Å². The largest absolute Gasteiger partial charge is 0.454 e. The van der Waals surface area contributed by atoms with E-state index in [2.05, 4.69) is 5.32 Å². The van der Waals surface area contributed by atoms with Crippen LogP contribution in [-0.4, -0.2) is 59.4 Å². The number of ether oxygens (including phenoxy) is 1. The van der Waals surface area contributed by atoms with Crippen LogP contribution in [0, 0.1) is 6.92 Å². The fourth-order valence-electron chi connectivity index (χ4n) is 3.03. The van der Waals surface area contributed by atoms with Crippen LogP contribution in [0.5, 0.6) is 0 Å². The van der Waals surface area contributed by atoms with E-state index in [9.17, 15) is 19.2 Å². The maximum atomic E-state index is 12.5. The first-order valence-electron chi connectivity index (χ1n) is 9.31. The summed E-state index contributed by atoms with van der Waals surface area (Å²) >= 11 is 0. The molecule has 1 heterocycles. The highest BCUT2D eigenvalue weighted by molar-refractivity contribution is 6.08. The molecule has 0 unspecified atom stereocenters. The number of imide groups is 1. The molecular weight excluding hydrogens is 362 g/mol. The Bertz CT molecular complexity index is 756. The van der Waals surface area contributed by atoms with E-state index in [1.54, 1.807) is 20.9 Å². The van der Waals surface area contributed by atoms with Crippen molar-refractivity contribution >= 4 is 23.8 Å². The number of amides is 4. The lowest BCUT2D eigenvalue weighted by atomic mass is 9.93. The second-order valence-electron chi connectivity index (χ2n) is 7.01. The molecule has 2 rings (SSSR count). The Morgan fingerprint density at radius 2 is 1.75 bits per heavy atom. The fraction of sp³-hybridized carbons (Fsp3) is 0.500. The molecule has 1 aromatic carbocycles. The lowest BCUT2D eigenvalue weighted by Crippen LogP contribution is -2.46. The lowest BCUT2D eigenvalue weighted by molar-refractivity contribution is -0.153. The van der Waals surface area contributed by atoms with E-state index in [0.717, 1.165) is 16.0 Å². The van der Waals surface area contributed by atoms with Gasteiger partial charge in [-0.3, -0.25) is 19.3 Å². The van der Waals surface area contributed by atoms with Crippen LogP contribution >= 0.6 is 0 Å². The molecule has 0 aliphatic carbocycles. The Morgan fingerprint density at radius 3 is 2.29 bits per heavy atom. The summed E-state index contributed by atoms with van der Waals surface area (Å²) in [4.78, 5) is 51.0. The molecule has 1 fully saturated rings. The predicted molar refractivity (Wildman–Crippen MR) is 102 cm³/mol. The van der Waals surface area contributed by atoms with E-state index in [0.29, 0.717) is 19.4 Å². The van der Waals surface area contributed by atoms with E-state index < -0.39 is 36.6 Å². The van der Waals surface area contributed by atoms with Crippen molar-refractivity contribution in [2.45, 2.75) is 45.7 Å². The van der Waals surface area contributed by atoms with E-state index in [1.807, 2.05) is 31.2 Å². The van der Waals surface area contributed by atoms with Crippen LogP contribution in [0.4, 0.5) is 4.79 Å². The summed E-state index contributed by atoms with van der Waals surface area (Å²) < 4.78 is 4.97. The Kier molecular flexibility index (Phi) is 6.77. The van der Waals surface area contributed by atoms with Gasteiger partial charge in [0.15, 0.2) is 6.61 Å². The van der Waals surface area contributed by atoms with Gasteiger partial charge in [0.1, 0.15) is 12.1 Å². The molecule has 0 radical (unpaired) electrons. The lowest BCUT2D eigenvalue weighted by Gasteiger charge is -2.23. The van der Waals surface area contributed by atoms with Crippen molar-refractivity contribution in [2.24, 2.45) is 0 Å². The smallest absolute Gasteiger partial charge is 0.326 e. The first-order chi connectivity index (χ1) is 13.2. The van der Waals surface area contributed by atoms with Gasteiger partial charge >= 0.3 is 12.0 Å². The number of aryl methyl sites for hydroxylation is 1. The van der Waals surface area contributed by atoms with Crippen molar-refractivity contribution in [3.8, 4) is 0 Å². The third-order valence-corrected chi connectivity index (χ3v) is 5.06. The maximum absolute atomic E-state index is 12.5. The van der Waals surface area contributed by atoms with E-state index >= 15 is 0 Å². The fourth-order valence-corrected chi connectivity index (χ4v) is 3.03. The van der Waals surface area contributed by atoms with Gasteiger partial charge in [0.05, 0.1) is 0 Å². The topological polar surface area (TPSA) is 96.0 Å². The van der Waals surface area contributed by atoms with Crippen LogP contribution in [-0.2, 0) is 25.7 Å². The highest BCUT2D eigenvalue weighted by Crippen LogP contribution is 2.24. The van der Waals surface area contributed by atoms with Gasteiger partial charge in [0.25, 0.3) is 11.8 Å². The third kappa shape index (κ3) is 4.68. The summed E-state index contributed by atoms with van der Waals surface area (Å²) in [7, 11) is 1.62. The maximum Gasteiger partial charge on any atom is 0.326 e. The SMILES string of the molecule is CCC1(CC)NC(=O)N(CC(=O)OCC(=O)N(C)Cc2ccc(C)cc2)C1=O. The Balaban J connectivity index is 1.84. The van der Waals surface area contributed by atoms with Crippen molar-refractivity contribution in [3.05, 3.63) is 35.4 Å². The molecular formula is C20H27N3O5. The van der Waals surface area contributed by atoms with Crippen LogP contribution in [0.15, 0.2) is 24.3 Å². The van der Waals surface area contributed by atoms with Crippen molar-refractivity contribution in [3.63, 3.8) is 0 Å². The monoisotopic (exact) mass is 389 g/mol. The van der Waals surface area contributed by atoms with E-state index in [1.165, 1.54) is 4.90 Å². The number of esters is 1. The van der Waals surface area contributed by atoms with Gasteiger partial charge in [-0.2, -0.15) is 0 Å². The molecule has 28 heavy (non-hydrogen) atoms. The number of hydrogen-bond donors (Lipinski definition) is 1. The number of hydrogen-bond acceptors (Lipinski definition) is 5. The molecule has 0 spiro atoms. The van der Waals surface area contributed by atoms with Crippen molar-refractivity contribution in [2.75, 3.05) is 20.2 Å². The minimum Gasteiger partial charge on any atom is -0.454 e. The molecule has 8 nitrogen and oxygen atoms in total. The molecule has 0 aromatic heterocycles. The normalized spacial score (nSPS) is 15.4. The van der Waals surface area contributed by atoms with Crippen molar-refractivity contribution in [1.82, 2.24) is 15.1 Å². The zero-order valence-corrected chi connectivity index (χ0v) is 16.8. The van der Waals surface area contributed by atoms with Gasteiger partial charge in [-0.1, -0.05) is 43.7 Å². The zero-order valence-electron chi connectivity index (χ0n) is 16.8. The number of nitrogens with zero attached hydrogens (tertiary/aromatic N) is 2. The van der Waals surface area contributed by atoms with E-state index in [-0.39, 0.29) is 5.91 Å². The average molecular weight is 389 g/mol. The van der Waals surface area contributed by atoms with Crippen molar-refractivity contribution in [1.29, 1.82) is 0 Å². The minimum absolute atomic E-state index is 0.373. The van der Waals surface area contributed by atoms with Gasteiger partial charge in [0, 0.05) is 13.6 Å². The summed E-state index contributed by atoms with van der Waals surface area (Å²) in [5, 5.41) is 2.64. The highest BCUT2D eigenvalue weighted by atomic mass is 16.5. The zero-order chi connectivity index (χ0) is 20.9. The molecule has 4 amide bonds. The number of benzene rings is 1. The molecule has 1 aliphatic rings. The molecule has 0 atom stereocenters. The van der Waals surface area contributed by atoms with Gasteiger partial charge in [-0.05, 0) is 25.3 Å². The van der Waals surface area contributed by atoms with Crippen LogP contribution < -0.4 is 5.32 Å². The number of carbonyl (C=O) groups excluding carboxylic acids is 4. The highest BCUT2D eigenvalue weighted by Gasteiger charge is 2.49. The summed E-state index contributed by atoms with van der Waals surface area (Å²) in [6.45, 7) is 5.00. The van der Waals surface area contributed by atoms with Crippen LogP contribution in [0.3, 0.4) is 0 Å². The molecule has 0 saturated carbocycles. The number of nitrogens with one attached hydrogen (secondary N) is 1. The standard InChI is InChI=1S/C20H27N3O5/c1-5-20(6-2)18(26)23(19(27)21-20)12-17(25)28-13-16(24)22(4)11-15-9-7-14(3)8-10-15/h7-10H,5-6,11-13H2,1-4H3,(H,21,27). The predicted octanol–water partition coefficient (Wildman–Crippen LogP) is 1.61. The Morgan fingerprint density at radius 1 is 1.14 bits per heavy atom. The molecule has 1 aliphatic heterocycles. The molecule has 1 saturated heterocycles. The van der Waals surface area contributed by atoms with Crippen LogP contribution in [0.1, 0.15) is 37.8 Å². The summed E-state index contributed by atoms with van der Waals surface area (Å²) in [5.74, 6) is -1.62. The Hall–Kier alpha value is -2.90. The Labute approximate surface area is 164 Å². The number of likely N-dealkylation sites (N-methyl/N-ethyl adjacent to an activating group) is 1. The second-order valence-corrected chi connectivity index (χ2v) is 7.01. The summed E-state index contributed by atoms with van der Waals surface area (Å²) in [6, 6.07) is 7.15. The summed E-state index contributed by atoms with van der Waals surface area (Å²) in [6.07, 6.45) is 0.865. The van der Waals surface area contributed by atoms with Crippen LogP contribution in [0.25, 0.3) is 0 Å². The third-order valence-electron chi connectivity index (χ3n) is 5.06. The number of urea groups is 1. The average Bonchev–Trinajstić information content (AvgIpc) is 2.92. The molecule has 0 bridgehead atoms. The molecule has 152 valence electrons. The molecule has 8 heteroatoms. The van der Waals surface area contributed by atoms with Crippen LogP contribution in [0.2, 0.25) is 0 Å².